The van der Waals surface area contributed by atoms with Gasteiger partial charge in [-0.1, -0.05) is 0 Å². The number of piperidine rings is 1. The molecule has 2 fully saturated rings. The lowest BCUT2D eigenvalue weighted by molar-refractivity contribution is -0.147. The summed E-state index contributed by atoms with van der Waals surface area (Å²) in [5, 5.41) is 9.32. The molecule has 1 saturated heterocycles. The Morgan fingerprint density at radius 1 is 1.29 bits per heavy atom. The minimum absolute atomic E-state index is 0.188. The summed E-state index contributed by atoms with van der Waals surface area (Å²) in [5.74, 6) is -0.986. The number of carbonyl (C=O) groups excluding carboxylic acids is 1. The van der Waals surface area contributed by atoms with Crippen molar-refractivity contribution in [2.24, 2.45) is 17.6 Å². The average Bonchev–Trinajstić information content (AvgIpc) is 3.04. The van der Waals surface area contributed by atoms with Crippen molar-refractivity contribution in [3.63, 3.8) is 0 Å². The number of primary amides is 1. The normalized spacial score (nSPS) is 32.1. The summed E-state index contributed by atoms with van der Waals surface area (Å²) < 4.78 is 0. The Kier molecular flexibility index (Phi) is 3.38. The summed E-state index contributed by atoms with van der Waals surface area (Å²) in [5.41, 5.74) is 5.33. The molecule has 1 heterocycles. The van der Waals surface area contributed by atoms with E-state index in [-0.39, 0.29) is 23.8 Å². The standard InChI is InChI=1S/C12H20N2O3/c1-7-2-3-9(11(13)15)6-14(7)10(12(16)17)8-4-5-8/h7-10H,2-6H2,1H3,(H2,13,15)(H,16,17). The fourth-order valence-corrected chi connectivity index (χ4v) is 2.78. The largest absolute Gasteiger partial charge is 0.480 e. The first kappa shape index (κ1) is 12.4. The second-order valence-electron chi connectivity index (χ2n) is 5.34. The van der Waals surface area contributed by atoms with Gasteiger partial charge >= 0.3 is 5.97 Å². The van der Waals surface area contributed by atoms with Gasteiger partial charge in [-0.2, -0.15) is 0 Å². The van der Waals surface area contributed by atoms with Crippen molar-refractivity contribution < 1.29 is 14.7 Å². The van der Waals surface area contributed by atoms with Gasteiger partial charge < -0.3 is 10.8 Å². The van der Waals surface area contributed by atoms with Gasteiger partial charge in [-0.25, -0.2) is 0 Å². The number of aliphatic carboxylic acids is 1. The number of nitrogens with zero attached hydrogens (tertiary/aromatic N) is 1. The van der Waals surface area contributed by atoms with Crippen LogP contribution in [0.15, 0.2) is 0 Å². The number of rotatable bonds is 4. The van der Waals surface area contributed by atoms with Crippen molar-refractivity contribution in [2.45, 2.75) is 44.7 Å². The van der Waals surface area contributed by atoms with Crippen molar-refractivity contribution in [1.82, 2.24) is 4.90 Å². The molecule has 3 unspecified atom stereocenters. The van der Waals surface area contributed by atoms with Gasteiger partial charge in [0, 0.05) is 12.6 Å². The molecule has 0 bridgehead atoms. The van der Waals surface area contributed by atoms with E-state index in [1.54, 1.807) is 0 Å². The van der Waals surface area contributed by atoms with Crippen LogP contribution in [0.3, 0.4) is 0 Å². The van der Waals surface area contributed by atoms with Crippen LogP contribution in [0, 0.1) is 11.8 Å². The zero-order valence-electron chi connectivity index (χ0n) is 10.1. The highest BCUT2D eigenvalue weighted by Gasteiger charge is 2.44. The van der Waals surface area contributed by atoms with Crippen LogP contribution >= 0.6 is 0 Å². The smallest absolute Gasteiger partial charge is 0.321 e. The van der Waals surface area contributed by atoms with Crippen molar-refractivity contribution in [3.8, 4) is 0 Å². The minimum atomic E-state index is -0.760. The van der Waals surface area contributed by atoms with Gasteiger partial charge in [-0.15, -0.1) is 0 Å². The highest BCUT2D eigenvalue weighted by molar-refractivity contribution is 5.78. The molecule has 1 saturated carbocycles. The van der Waals surface area contributed by atoms with Gasteiger partial charge in [0.25, 0.3) is 0 Å². The van der Waals surface area contributed by atoms with Crippen LogP contribution < -0.4 is 5.73 Å². The summed E-state index contributed by atoms with van der Waals surface area (Å²) in [4.78, 5) is 24.5. The molecule has 96 valence electrons. The Labute approximate surface area is 101 Å². The first-order valence-corrected chi connectivity index (χ1v) is 6.28. The van der Waals surface area contributed by atoms with Gasteiger partial charge in [-0.05, 0) is 38.5 Å². The summed E-state index contributed by atoms with van der Waals surface area (Å²) >= 11 is 0. The van der Waals surface area contributed by atoms with Crippen molar-refractivity contribution in [1.29, 1.82) is 0 Å². The number of carbonyl (C=O) groups is 2. The van der Waals surface area contributed by atoms with E-state index < -0.39 is 12.0 Å². The van der Waals surface area contributed by atoms with Crippen LogP contribution in [0.4, 0.5) is 0 Å². The molecule has 5 heteroatoms. The van der Waals surface area contributed by atoms with Crippen LogP contribution in [0.25, 0.3) is 0 Å². The van der Waals surface area contributed by atoms with E-state index in [0.717, 1.165) is 25.7 Å². The summed E-state index contributed by atoms with van der Waals surface area (Å²) in [6.45, 7) is 2.54. The van der Waals surface area contributed by atoms with Crippen molar-refractivity contribution >= 4 is 11.9 Å². The molecule has 3 atom stereocenters. The molecule has 0 aromatic rings. The molecule has 1 aliphatic heterocycles. The SMILES string of the molecule is CC1CCC(C(N)=O)CN1C(C(=O)O)C1CC1. The lowest BCUT2D eigenvalue weighted by Gasteiger charge is -2.40. The van der Waals surface area contributed by atoms with Gasteiger partial charge in [0.05, 0.1) is 5.92 Å². The lowest BCUT2D eigenvalue weighted by Crippen LogP contribution is -2.54. The molecular weight excluding hydrogens is 220 g/mol. The van der Waals surface area contributed by atoms with Crippen molar-refractivity contribution in [3.05, 3.63) is 0 Å². The fourth-order valence-electron chi connectivity index (χ4n) is 2.78. The van der Waals surface area contributed by atoms with E-state index in [1.807, 2.05) is 11.8 Å². The number of hydrogen-bond donors (Lipinski definition) is 2. The maximum Gasteiger partial charge on any atom is 0.321 e. The Balaban J connectivity index is 2.10. The number of carboxylic acid groups (broad SMARTS) is 1. The summed E-state index contributed by atoms with van der Waals surface area (Å²) in [6, 6.07) is -0.195. The summed E-state index contributed by atoms with van der Waals surface area (Å²) in [6.07, 6.45) is 3.61. The average molecular weight is 240 g/mol. The quantitative estimate of drug-likeness (QED) is 0.746. The number of amides is 1. The highest BCUT2D eigenvalue weighted by Crippen LogP contribution is 2.38. The van der Waals surface area contributed by atoms with E-state index in [2.05, 4.69) is 0 Å². The molecule has 0 aromatic carbocycles. The monoisotopic (exact) mass is 240 g/mol. The third-order valence-electron chi connectivity index (χ3n) is 4.01. The third kappa shape index (κ3) is 2.60. The predicted octanol–water partition coefficient (Wildman–Crippen LogP) is 0.435. The first-order chi connectivity index (χ1) is 8.00. The molecule has 0 radical (unpaired) electrons. The number of carboxylic acids is 1. The van der Waals surface area contributed by atoms with E-state index >= 15 is 0 Å². The zero-order valence-corrected chi connectivity index (χ0v) is 10.1. The molecule has 3 N–H and O–H groups in total. The van der Waals surface area contributed by atoms with Gasteiger partial charge in [0.15, 0.2) is 0 Å². The maximum absolute atomic E-state index is 11.3. The van der Waals surface area contributed by atoms with Crippen LogP contribution in [0.1, 0.15) is 32.6 Å². The van der Waals surface area contributed by atoms with Gasteiger partial charge in [-0.3, -0.25) is 14.5 Å². The highest BCUT2D eigenvalue weighted by atomic mass is 16.4. The predicted molar refractivity (Wildman–Crippen MR) is 62.2 cm³/mol. The van der Waals surface area contributed by atoms with Crippen molar-refractivity contribution in [2.75, 3.05) is 6.54 Å². The second kappa shape index (κ2) is 4.64. The van der Waals surface area contributed by atoms with Gasteiger partial charge in [0.2, 0.25) is 5.91 Å². The summed E-state index contributed by atoms with van der Waals surface area (Å²) in [7, 11) is 0. The molecule has 1 aliphatic carbocycles. The first-order valence-electron chi connectivity index (χ1n) is 6.28. The zero-order chi connectivity index (χ0) is 12.6. The molecule has 17 heavy (non-hydrogen) atoms. The molecule has 5 nitrogen and oxygen atoms in total. The maximum atomic E-state index is 11.3. The van der Waals surface area contributed by atoms with Crippen LogP contribution in [-0.2, 0) is 9.59 Å². The number of nitrogens with two attached hydrogens (primary N) is 1. The third-order valence-corrected chi connectivity index (χ3v) is 4.01. The Morgan fingerprint density at radius 3 is 2.41 bits per heavy atom. The number of likely N-dealkylation sites (tertiary alicyclic amines) is 1. The Hall–Kier alpha value is -1.10. The molecule has 0 spiro atoms. The van der Waals surface area contributed by atoms with Gasteiger partial charge in [0.1, 0.15) is 6.04 Å². The lowest BCUT2D eigenvalue weighted by atomic mass is 9.90. The van der Waals surface area contributed by atoms with E-state index in [1.165, 1.54) is 0 Å². The van der Waals surface area contributed by atoms with Crippen LogP contribution in [0.5, 0.6) is 0 Å². The fraction of sp³-hybridized carbons (Fsp3) is 0.833. The Morgan fingerprint density at radius 2 is 1.94 bits per heavy atom. The van der Waals surface area contributed by atoms with Crippen LogP contribution in [-0.4, -0.2) is 40.5 Å². The molecule has 2 rings (SSSR count). The number of hydrogen-bond acceptors (Lipinski definition) is 3. The second-order valence-corrected chi connectivity index (χ2v) is 5.34. The topological polar surface area (TPSA) is 83.6 Å². The molecular formula is C12H20N2O3. The molecule has 1 amide bonds. The van der Waals surface area contributed by atoms with Crippen LogP contribution in [0.2, 0.25) is 0 Å². The van der Waals surface area contributed by atoms with E-state index in [0.29, 0.717) is 6.54 Å². The Bertz CT molecular complexity index is 328. The van der Waals surface area contributed by atoms with E-state index in [4.69, 9.17) is 5.73 Å². The molecule has 0 aromatic heterocycles. The minimum Gasteiger partial charge on any atom is -0.480 e. The van der Waals surface area contributed by atoms with E-state index in [9.17, 15) is 14.7 Å². The molecule has 2 aliphatic rings.